The number of hydrogen-bond donors (Lipinski definition) is 0. The summed E-state index contributed by atoms with van der Waals surface area (Å²) in [6, 6.07) is 13.3. The molecule has 0 aliphatic heterocycles. The maximum Gasteiger partial charge on any atom is 0.269 e. The molecule has 0 unspecified atom stereocenters. The lowest BCUT2D eigenvalue weighted by Gasteiger charge is -2.00. The molecule has 21 heavy (non-hydrogen) atoms. The smallest absolute Gasteiger partial charge is 0.269 e. The van der Waals surface area contributed by atoms with Crippen LogP contribution in [0.25, 0.3) is 10.4 Å². The fourth-order valence-electron chi connectivity index (χ4n) is 1.72. The van der Waals surface area contributed by atoms with Crippen LogP contribution >= 0.6 is 0 Å². The minimum Gasteiger partial charge on any atom is -0.288 e. The van der Waals surface area contributed by atoms with Gasteiger partial charge in [-0.15, -0.1) is 0 Å². The highest BCUT2D eigenvalue weighted by molar-refractivity contribution is 5.80. The van der Waals surface area contributed by atoms with Gasteiger partial charge in [0, 0.05) is 28.9 Å². The second-order valence-electron chi connectivity index (χ2n) is 4.14. The Morgan fingerprint density at radius 2 is 1.90 bits per heavy atom. The molecule has 2 aromatic carbocycles. The maximum atomic E-state index is 10.5. The van der Waals surface area contributed by atoms with Crippen LogP contribution in [-0.4, -0.2) is 11.1 Å². The standard InChI is InChI=1S/C14H11N5O2/c15-18-17-14-4-2-1-3-12(14)10-16-9-11-5-7-13(8-6-11)19(20)21/h1-9H,10H2. The van der Waals surface area contributed by atoms with Crippen LogP contribution < -0.4 is 0 Å². The lowest BCUT2D eigenvalue weighted by molar-refractivity contribution is -0.384. The topological polar surface area (TPSA) is 104 Å². The second kappa shape index (κ2) is 6.83. The highest BCUT2D eigenvalue weighted by Crippen LogP contribution is 2.19. The molecular weight excluding hydrogens is 270 g/mol. The normalized spacial score (nSPS) is 10.3. The van der Waals surface area contributed by atoms with Gasteiger partial charge in [-0.3, -0.25) is 15.1 Å². The van der Waals surface area contributed by atoms with Gasteiger partial charge in [-0.2, -0.15) is 0 Å². The van der Waals surface area contributed by atoms with Gasteiger partial charge in [0.25, 0.3) is 5.69 Å². The summed E-state index contributed by atoms with van der Waals surface area (Å²) in [4.78, 5) is 17.1. The molecule has 0 saturated carbocycles. The van der Waals surface area contributed by atoms with Gasteiger partial charge in [0.05, 0.1) is 11.5 Å². The molecule has 0 aliphatic rings. The molecule has 2 rings (SSSR count). The quantitative estimate of drug-likeness (QED) is 0.205. The Balaban J connectivity index is 2.09. The zero-order valence-corrected chi connectivity index (χ0v) is 11.0. The molecule has 7 nitrogen and oxygen atoms in total. The molecule has 0 radical (unpaired) electrons. The fourth-order valence-corrected chi connectivity index (χ4v) is 1.72. The number of hydrogen-bond acceptors (Lipinski definition) is 4. The van der Waals surface area contributed by atoms with Crippen LogP contribution in [0.15, 0.2) is 58.6 Å². The monoisotopic (exact) mass is 281 g/mol. The van der Waals surface area contributed by atoms with Crippen LogP contribution in [0.3, 0.4) is 0 Å². The number of nitro groups is 1. The van der Waals surface area contributed by atoms with E-state index in [2.05, 4.69) is 15.0 Å². The summed E-state index contributed by atoms with van der Waals surface area (Å²) < 4.78 is 0. The van der Waals surface area contributed by atoms with Gasteiger partial charge in [0.2, 0.25) is 0 Å². The average Bonchev–Trinajstić information content (AvgIpc) is 2.50. The van der Waals surface area contributed by atoms with E-state index in [1.165, 1.54) is 12.1 Å². The molecule has 0 spiro atoms. The van der Waals surface area contributed by atoms with E-state index in [-0.39, 0.29) is 5.69 Å². The molecule has 0 saturated heterocycles. The van der Waals surface area contributed by atoms with Crippen LogP contribution in [0.1, 0.15) is 11.1 Å². The van der Waals surface area contributed by atoms with Gasteiger partial charge in [-0.05, 0) is 28.8 Å². The summed E-state index contributed by atoms with van der Waals surface area (Å²) in [6.07, 6.45) is 1.62. The van der Waals surface area contributed by atoms with E-state index in [1.807, 2.05) is 12.1 Å². The lowest BCUT2D eigenvalue weighted by Crippen LogP contribution is -1.89. The molecule has 2 aromatic rings. The van der Waals surface area contributed by atoms with Crippen LogP contribution in [0.2, 0.25) is 0 Å². The van der Waals surface area contributed by atoms with Crippen molar-refractivity contribution in [2.24, 2.45) is 10.1 Å². The van der Waals surface area contributed by atoms with E-state index in [0.29, 0.717) is 12.2 Å². The molecule has 7 heteroatoms. The molecule has 0 N–H and O–H groups in total. The molecule has 0 atom stereocenters. The van der Waals surface area contributed by atoms with Gasteiger partial charge >= 0.3 is 0 Å². The van der Waals surface area contributed by atoms with Crippen LogP contribution in [0, 0.1) is 10.1 Å². The molecule has 0 aromatic heterocycles. The number of aliphatic imine (C=N–C) groups is 1. The Labute approximate surface area is 120 Å². The predicted octanol–water partition coefficient (Wildman–Crippen LogP) is 4.16. The zero-order chi connectivity index (χ0) is 15.1. The van der Waals surface area contributed by atoms with Crippen LogP contribution in [0.4, 0.5) is 11.4 Å². The minimum atomic E-state index is -0.447. The van der Waals surface area contributed by atoms with Crippen LogP contribution in [-0.2, 0) is 6.54 Å². The third kappa shape index (κ3) is 3.89. The van der Waals surface area contributed by atoms with E-state index in [0.717, 1.165) is 11.1 Å². The van der Waals surface area contributed by atoms with E-state index in [1.54, 1.807) is 30.5 Å². The van der Waals surface area contributed by atoms with Crippen molar-refractivity contribution >= 4 is 17.6 Å². The minimum absolute atomic E-state index is 0.0425. The number of nitro benzene ring substituents is 1. The summed E-state index contributed by atoms with van der Waals surface area (Å²) in [5, 5.41) is 14.1. The molecule has 0 bridgehead atoms. The lowest BCUT2D eigenvalue weighted by atomic mass is 10.2. The molecule has 0 aliphatic carbocycles. The molecule has 0 fully saturated rings. The first kappa shape index (κ1) is 14.2. The Morgan fingerprint density at radius 1 is 1.19 bits per heavy atom. The average molecular weight is 281 g/mol. The first-order chi connectivity index (χ1) is 10.2. The SMILES string of the molecule is [N-]=[N+]=Nc1ccccc1CN=Cc1ccc([N+](=O)[O-])cc1. The van der Waals surface area contributed by atoms with Crippen molar-refractivity contribution in [3.63, 3.8) is 0 Å². The Hall–Kier alpha value is -3.18. The third-order valence-corrected chi connectivity index (χ3v) is 2.75. The fraction of sp³-hybridized carbons (Fsp3) is 0.0714. The van der Waals surface area contributed by atoms with Crippen molar-refractivity contribution in [3.05, 3.63) is 80.2 Å². The van der Waals surface area contributed by atoms with Crippen molar-refractivity contribution < 1.29 is 4.92 Å². The summed E-state index contributed by atoms with van der Waals surface area (Å²) in [7, 11) is 0. The van der Waals surface area contributed by atoms with Gasteiger partial charge in [0.1, 0.15) is 0 Å². The van der Waals surface area contributed by atoms with E-state index in [4.69, 9.17) is 5.53 Å². The highest BCUT2D eigenvalue weighted by Gasteiger charge is 2.02. The number of azide groups is 1. The Morgan fingerprint density at radius 3 is 2.57 bits per heavy atom. The Bertz CT molecular complexity index is 718. The first-order valence-electron chi connectivity index (χ1n) is 6.08. The highest BCUT2D eigenvalue weighted by atomic mass is 16.6. The molecule has 0 heterocycles. The number of non-ortho nitro benzene ring substituents is 1. The molecule has 104 valence electrons. The zero-order valence-electron chi connectivity index (χ0n) is 11.0. The van der Waals surface area contributed by atoms with Crippen molar-refractivity contribution in [1.29, 1.82) is 0 Å². The molecular formula is C14H11N5O2. The summed E-state index contributed by atoms with van der Waals surface area (Å²) in [5.41, 5.74) is 10.6. The van der Waals surface area contributed by atoms with Gasteiger partial charge in [0.15, 0.2) is 0 Å². The van der Waals surface area contributed by atoms with E-state index < -0.39 is 4.92 Å². The predicted molar refractivity (Wildman–Crippen MR) is 79.6 cm³/mol. The third-order valence-electron chi connectivity index (χ3n) is 2.75. The van der Waals surface area contributed by atoms with Crippen molar-refractivity contribution in [2.75, 3.05) is 0 Å². The summed E-state index contributed by atoms with van der Waals surface area (Å²) in [5.74, 6) is 0. The van der Waals surface area contributed by atoms with Crippen molar-refractivity contribution in [2.45, 2.75) is 6.54 Å². The largest absolute Gasteiger partial charge is 0.288 e. The van der Waals surface area contributed by atoms with Gasteiger partial charge in [-0.1, -0.05) is 29.4 Å². The van der Waals surface area contributed by atoms with Crippen molar-refractivity contribution in [1.82, 2.24) is 0 Å². The molecule has 0 amide bonds. The number of benzene rings is 2. The first-order valence-corrected chi connectivity index (χ1v) is 6.08. The number of nitrogens with zero attached hydrogens (tertiary/aromatic N) is 5. The van der Waals surface area contributed by atoms with E-state index >= 15 is 0 Å². The van der Waals surface area contributed by atoms with E-state index in [9.17, 15) is 10.1 Å². The number of rotatable bonds is 5. The second-order valence-corrected chi connectivity index (χ2v) is 4.14. The van der Waals surface area contributed by atoms with Crippen molar-refractivity contribution in [3.8, 4) is 0 Å². The summed E-state index contributed by atoms with van der Waals surface area (Å²) in [6.45, 7) is 0.367. The Kier molecular flexibility index (Phi) is 4.63. The summed E-state index contributed by atoms with van der Waals surface area (Å²) >= 11 is 0. The van der Waals surface area contributed by atoms with Gasteiger partial charge in [-0.25, -0.2) is 0 Å². The van der Waals surface area contributed by atoms with Crippen LogP contribution in [0.5, 0.6) is 0 Å². The van der Waals surface area contributed by atoms with Gasteiger partial charge < -0.3 is 0 Å². The maximum absolute atomic E-state index is 10.5.